The summed E-state index contributed by atoms with van der Waals surface area (Å²) in [5, 5.41) is 5.29. The van der Waals surface area contributed by atoms with Crippen LogP contribution < -0.4 is 10.9 Å². The minimum Gasteiger partial charge on any atom is -0.313 e. The SMILES string of the molecule is Cc1nc(C)c(C(=O)NNc2nc(-c3ccc(Cl)cc3)no2)s1. The molecule has 0 aliphatic carbocycles. The Labute approximate surface area is 140 Å². The molecule has 0 aliphatic rings. The van der Waals surface area contributed by atoms with Gasteiger partial charge in [0.25, 0.3) is 5.91 Å². The number of aryl methyl sites for hydroxylation is 2. The van der Waals surface area contributed by atoms with E-state index >= 15 is 0 Å². The third-order valence-electron chi connectivity index (χ3n) is 2.92. The number of thiazole rings is 1. The molecule has 1 amide bonds. The van der Waals surface area contributed by atoms with Crippen molar-refractivity contribution in [1.29, 1.82) is 0 Å². The average Bonchev–Trinajstić information content (AvgIpc) is 3.12. The summed E-state index contributed by atoms with van der Waals surface area (Å²) in [6.45, 7) is 3.63. The normalized spacial score (nSPS) is 10.6. The van der Waals surface area contributed by atoms with E-state index in [1.807, 2.05) is 6.92 Å². The van der Waals surface area contributed by atoms with Crippen LogP contribution in [0.2, 0.25) is 5.02 Å². The van der Waals surface area contributed by atoms with Crippen LogP contribution in [-0.2, 0) is 0 Å². The molecule has 7 nitrogen and oxygen atoms in total. The highest BCUT2D eigenvalue weighted by molar-refractivity contribution is 7.13. The fourth-order valence-corrected chi connectivity index (χ4v) is 2.84. The van der Waals surface area contributed by atoms with Crippen LogP contribution in [0.15, 0.2) is 28.8 Å². The van der Waals surface area contributed by atoms with E-state index in [1.165, 1.54) is 11.3 Å². The first-order valence-electron chi connectivity index (χ1n) is 6.63. The summed E-state index contributed by atoms with van der Waals surface area (Å²) < 4.78 is 5.04. The number of hydrogen-bond donors (Lipinski definition) is 2. The minimum absolute atomic E-state index is 0.0854. The van der Waals surface area contributed by atoms with Crippen molar-refractivity contribution < 1.29 is 9.32 Å². The Morgan fingerprint density at radius 3 is 2.61 bits per heavy atom. The summed E-state index contributed by atoms with van der Waals surface area (Å²) in [6, 6.07) is 7.11. The maximum atomic E-state index is 12.1. The van der Waals surface area contributed by atoms with E-state index in [1.54, 1.807) is 31.2 Å². The lowest BCUT2D eigenvalue weighted by molar-refractivity contribution is 0.0964. The van der Waals surface area contributed by atoms with E-state index in [-0.39, 0.29) is 11.9 Å². The standard InChI is InChI=1S/C14H12ClN5O2S/c1-7-11(23-8(2)16-7)13(21)18-19-14-17-12(20-22-14)9-3-5-10(15)6-4-9/h3-6H,1-2H3,(H,18,21)(H,17,19,20). The molecule has 0 saturated carbocycles. The van der Waals surface area contributed by atoms with Crippen LogP contribution in [0, 0.1) is 13.8 Å². The quantitative estimate of drug-likeness (QED) is 0.702. The molecule has 0 spiro atoms. The van der Waals surface area contributed by atoms with Crippen molar-refractivity contribution in [3.05, 3.63) is 44.9 Å². The maximum Gasteiger partial charge on any atom is 0.340 e. The highest BCUT2D eigenvalue weighted by Crippen LogP contribution is 2.20. The number of hydrazine groups is 1. The zero-order valence-electron chi connectivity index (χ0n) is 12.3. The summed E-state index contributed by atoms with van der Waals surface area (Å²) in [4.78, 5) is 20.9. The Morgan fingerprint density at radius 2 is 1.96 bits per heavy atom. The van der Waals surface area contributed by atoms with Gasteiger partial charge in [-0.15, -0.1) is 11.3 Å². The molecule has 0 fully saturated rings. The highest BCUT2D eigenvalue weighted by atomic mass is 35.5. The van der Waals surface area contributed by atoms with Gasteiger partial charge in [0.15, 0.2) is 0 Å². The van der Waals surface area contributed by atoms with E-state index in [9.17, 15) is 4.79 Å². The summed E-state index contributed by atoms with van der Waals surface area (Å²) in [5.74, 6) is 0.0857. The number of carbonyl (C=O) groups is 1. The smallest absolute Gasteiger partial charge is 0.313 e. The first-order valence-corrected chi connectivity index (χ1v) is 7.82. The number of nitrogens with zero attached hydrogens (tertiary/aromatic N) is 3. The first kappa shape index (κ1) is 15.4. The summed E-state index contributed by atoms with van der Waals surface area (Å²) in [7, 11) is 0. The van der Waals surface area contributed by atoms with E-state index in [0.717, 1.165) is 10.6 Å². The number of aromatic nitrogens is 3. The van der Waals surface area contributed by atoms with Crippen molar-refractivity contribution in [1.82, 2.24) is 20.6 Å². The van der Waals surface area contributed by atoms with E-state index in [0.29, 0.717) is 21.4 Å². The predicted molar refractivity (Wildman–Crippen MR) is 87.4 cm³/mol. The van der Waals surface area contributed by atoms with Gasteiger partial charge in [0.1, 0.15) is 4.88 Å². The number of anilines is 1. The van der Waals surface area contributed by atoms with Crippen molar-refractivity contribution in [3.8, 4) is 11.4 Å². The molecule has 0 saturated heterocycles. The summed E-state index contributed by atoms with van der Waals surface area (Å²) in [5.41, 5.74) is 6.54. The highest BCUT2D eigenvalue weighted by Gasteiger charge is 2.15. The molecule has 0 atom stereocenters. The first-order chi connectivity index (χ1) is 11.0. The van der Waals surface area contributed by atoms with Gasteiger partial charge in [-0.05, 0) is 38.1 Å². The zero-order chi connectivity index (χ0) is 16.4. The number of hydrogen-bond acceptors (Lipinski definition) is 7. The second kappa shape index (κ2) is 6.35. The number of nitrogens with one attached hydrogen (secondary N) is 2. The van der Waals surface area contributed by atoms with Crippen LogP contribution >= 0.6 is 22.9 Å². The van der Waals surface area contributed by atoms with Crippen LogP contribution in [0.3, 0.4) is 0 Å². The molecule has 23 heavy (non-hydrogen) atoms. The second-order valence-electron chi connectivity index (χ2n) is 4.66. The van der Waals surface area contributed by atoms with Crippen LogP contribution in [0.25, 0.3) is 11.4 Å². The Bertz CT molecular complexity index is 843. The van der Waals surface area contributed by atoms with Crippen LogP contribution in [-0.4, -0.2) is 21.0 Å². The molecule has 9 heteroatoms. The number of benzene rings is 1. The lowest BCUT2D eigenvalue weighted by atomic mass is 10.2. The maximum absolute atomic E-state index is 12.1. The molecule has 3 aromatic rings. The monoisotopic (exact) mass is 349 g/mol. The van der Waals surface area contributed by atoms with Gasteiger partial charge < -0.3 is 4.52 Å². The fourth-order valence-electron chi connectivity index (χ4n) is 1.90. The molecule has 1 aromatic carbocycles. The van der Waals surface area contributed by atoms with Gasteiger partial charge in [-0.3, -0.25) is 10.2 Å². The van der Waals surface area contributed by atoms with Crippen LogP contribution in [0.1, 0.15) is 20.4 Å². The molecule has 0 unspecified atom stereocenters. The lowest BCUT2D eigenvalue weighted by Crippen LogP contribution is -2.29. The molecule has 118 valence electrons. The number of rotatable bonds is 4. The van der Waals surface area contributed by atoms with Crippen LogP contribution in [0.4, 0.5) is 6.01 Å². The third-order valence-corrected chi connectivity index (χ3v) is 4.24. The molecule has 2 aromatic heterocycles. The zero-order valence-corrected chi connectivity index (χ0v) is 13.8. The minimum atomic E-state index is -0.306. The van der Waals surface area contributed by atoms with Gasteiger partial charge >= 0.3 is 6.01 Å². The summed E-state index contributed by atoms with van der Waals surface area (Å²) in [6.07, 6.45) is 0. The van der Waals surface area contributed by atoms with Gasteiger partial charge in [0, 0.05) is 10.6 Å². The van der Waals surface area contributed by atoms with E-state index in [2.05, 4.69) is 26.0 Å². The van der Waals surface area contributed by atoms with Crippen molar-refractivity contribution >= 4 is 34.9 Å². The third kappa shape index (κ3) is 3.49. The molecule has 0 bridgehead atoms. The Hall–Kier alpha value is -2.45. The lowest BCUT2D eigenvalue weighted by Gasteiger charge is -2.02. The van der Waals surface area contributed by atoms with Gasteiger partial charge in [0.2, 0.25) is 5.82 Å². The van der Waals surface area contributed by atoms with Gasteiger partial charge in [0.05, 0.1) is 10.7 Å². The van der Waals surface area contributed by atoms with Crippen molar-refractivity contribution in [2.45, 2.75) is 13.8 Å². The molecule has 2 N–H and O–H groups in total. The van der Waals surface area contributed by atoms with Crippen molar-refractivity contribution in [2.24, 2.45) is 0 Å². The molecule has 2 heterocycles. The van der Waals surface area contributed by atoms with E-state index < -0.39 is 0 Å². The Morgan fingerprint density at radius 1 is 1.22 bits per heavy atom. The number of carbonyl (C=O) groups excluding carboxylic acids is 1. The van der Waals surface area contributed by atoms with Crippen molar-refractivity contribution in [2.75, 3.05) is 5.43 Å². The Balaban J connectivity index is 1.66. The largest absolute Gasteiger partial charge is 0.340 e. The van der Waals surface area contributed by atoms with E-state index in [4.69, 9.17) is 16.1 Å². The topological polar surface area (TPSA) is 92.9 Å². The number of amides is 1. The molecule has 0 aliphatic heterocycles. The van der Waals surface area contributed by atoms with Gasteiger partial charge in [-0.1, -0.05) is 16.8 Å². The molecule has 0 radical (unpaired) electrons. The predicted octanol–water partition coefficient (Wildman–Crippen LogP) is 3.22. The second-order valence-corrected chi connectivity index (χ2v) is 6.30. The molecular weight excluding hydrogens is 338 g/mol. The van der Waals surface area contributed by atoms with Crippen LogP contribution in [0.5, 0.6) is 0 Å². The Kier molecular flexibility index (Phi) is 4.26. The average molecular weight is 350 g/mol. The van der Waals surface area contributed by atoms with Gasteiger partial charge in [-0.25, -0.2) is 10.4 Å². The van der Waals surface area contributed by atoms with Crippen molar-refractivity contribution in [3.63, 3.8) is 0 Å². The van der Waals surface area contributed by atoms with Gasteiger partial charge in [-0.2, -0.15) is 4.98 Å². The number of halogens is 1. The molecule has 3 rings (SSSR count). The fraction of sp³-hybridized carbons (Fsp3) is 0.143. The molecular formula is C14H12ClN5O2S. The summed E-state index contributed by atoms with van der Waals surface area (Å²) >= 11 is 7.15.